The van der Waals surface area contributed by atoms with E-state index in [9.17, 15) is 14.0 Å². The number of thioether (sulfide) groups is 1. The number of halogens is 1. The van der Waals surface area contributed by atoms with E-state index in [0.717, 1.165) is 25.8 Å². The van der Waals surface area contributed by atoms with E-state index in [4.69, 9.17) is 0 Å². The minimum Gasteiger partial charge on any atom is -0.325 e. The highest BCUT2D eigenvalue weighted by Crippen LogP contribution is 2.31. The van der Waals surface area contributed by atoms with Crippen LogP contribution >= 0.6 is 23.1 Å². The van der Waals surface area contributed by atoms with Crippen LogP contribution in [0.5, 0.6) is 0 Å². The Balaban J connectivity index is 1.36. The Bertz CT molecular complexity index is 1290. The number of amides is 3. The fourth-order valence-corrected chi connectivity index (χ4v) is 4.82. The van der Waals surface area contributed by atoms with Crippen molar-refractivity contribution in [3.63, 3.8) is 0 Å². The van der Waals surface area contributed by atoms with Crippen molar-refractivity contribution in [2.45, 2.75) is 11.3 Å². The molecule has 0 aliphatic carbocycles. The summed E-state index contributed by atoms with van der Waals surface area (Å²) in [6, 6.07) is 18.3. The summed E-state index contributed by atoms with van der Waals surface area (Å²) in [6.45, 7) is 1.94. The van der Waals surface area contributed by atoms with E-state index >= 15 is 0 Å². The minimum atomic E-state index is -0.540. The summed E-state index contributed by atoms with van der Waals surface area (Å²) in [5, 5.41) is 8.08. The number of benzene rings is 3. The van der Waals surface area contributed by atoms with Crippen LogP contribution in [0.2, 0.25) is 0 Å². The predicted molar refractivity (Wildman–Crippen MR) is 129 cm³/mol. The van der Waals surface area contributed by atoms with Crippen molar-refractivity contribution in [1.82, 2.24) is 4.98 Å². The molecule has 9 heteroatoms. The first-order valence-electron chi connectivity index (χ1n) is 9.69. The molecule has 0 fully saturated rings. The highest BCUT2D eigenvalue weighted by molar-refractivity contribution is 8.01. The van der Waals surface area contributed by atoms with Crippen LogP contribution < -0.4 is 16.0 Å². The quantitative estimate of drug-likeness (QED) is 0.299. The lowest BCUT2D eigenvalue weighted by Gasteiger charge is -2.08. The van der Waals surface area contributed by atoms with Crippen molar-refractivity contribution in [3.8, 4) is 0 Å². The fourth-order valence-electron chi connectivity index (χ4n) is 2.92. The number of fused-ring (bicyclic) bond motifs is 1. The molecule has 0 aliphatic heterocycles. The second-order valence-corrected chi connectivity index (χ2v) is 9.13. The van der Waals surface area contributed by atoms with Gasteiger partial charge in [-0.15, -0.1) is 11.3 Å². The number of nitrogens with zero attached hydrogens (tertiary/aromatic N) is 1. The average molecular weight is 467 g/mol. The molecule has 32 heavy (non-hydrogen) atoms. The fraction of sp³-hybridized carbons (Fsp3) is 0.0870. The standard InChI is InChI=1S/C23H19FN4O2S2/c1-14-6-2-4-8-17(14)26-21(29)13-31-23-28-19-11-10-15(12-20(19)32-23)25-22(30)27-18-9-5-3-7-16(18)24/h2-12H,13H2,1H3,(H,26,29)(H2,25,27,30). The lowest BCUT2D eigenvalue weighted by atomic mass is 10.2. The molecule has 1 heterocycles. The van der Waals surface area contributed by atoms with Crippen LogP contribution in [-0.2, 0) is 4.79 Å². The molecule has 6 nitrogen and oxygen atoms in total. The van der Waals surface area contributed by atoms with E-state index in [2.05, 4.69) is 20.9 Å². The van der Waals surface area contributed by atoms with Crippen LogP contribution in [0.15, 0.2) is 71.1 Å². The maximum atomic E-state index is 13.7. The first-order chi connectivity index (χ1) is 15.5. The molecule has 0 bridgehead atoms. The molecule has 0 saturated heterocycles. The monoisotopic (exact) mass is 466 g/mol. The molecule has 1 aromatic heterocycles. The first kappa shape index (κ1) is 21.8. The van der Waals surface area contributed by atoms with Crippen LogP contribution in [0.4, 0.5) is 26.2 Å². The predicted octanol–water partition coefficient (Wildman–Crippen LogP) is 6.12. The van der Waals surface area contributed by atoms with Crippen molar-refractivity contribution in [2.75, 3.05) is 21.7 Å². The molecule has 4 aromatic rings. The molecule has 0 saturated carbocycles. The highest BCUT2D eigenvalue weighted by atomic mass is 32.2. The summed E-state index contributed by atoms with van der Waals surface area (Å²) in [7, 11) is 0. The number of aryl methyl sites for hydroxylation is 1. The zero-order valence-electron chi connectivity index (χ0n) is 17.0. The Morgan fingerprint density at radius 2 is 1.72 bits per heavy atom. The van der Waals surface area contributed by atoms with Gasteiger partial charge >= 0.3 is 6.03 Å². The topological polar surface area (TPSA) is 83.1 Å². The van der Waals surface area contributed by atoms with Gasteiger partial charge in [-0.1, -0.05) is 42.1 Å². The van der Waals surface area contributed by atoms with Crippen LogP contribution in [0.1, 0.15) is 5.56 Å². The number of nitrogens with one attached hydrogen (secondary N) is 3. The Morgan fingerprint density at radius 1 is 0.969 bits per heavy atom. The number of rotatable bonds is 6. The molecule has 3 aromatic carbocycles. The van der Waals surface area contributed by atoms with Crippen LogP contribution in [0.3, 0.4) is 0 Å². The molecule has 0 spiro atoms. The van der Waals surface area contributed by atoms with Gasteiger partial charge in [-0.2, -0.15) is 0 Å². The third kappa shape index (κ3) is 5.43. The zero-order valence-corrected chi connectivity index (χ0v) is 18.6. The van der Waals surface area contributed by atoms with Crippen molar-refractivity contribution < 1.29 is 14.0 Å². The van der Waals surface area contributed by atoms with E-state index in [0.29, 0.717) is 5.69 Å². The SMILES string of the molecule is Cc1ccccc1NC(=O)CSc1nc2ccc(NC(=O)Nc3ccccc3F)cc2s1. The Hall–Kier alpha value is -3.43. The highest BCUT2D eigenvalue weighted by Gasteiger charge is 2.11. The Kier molecular flexibility index (Phi) is 6.67. The van der Waals surface area contributed by atoms with Gasteiger partial charge < -0.3 is 16.0 Å². The van der Waals surface area contributed by atoms with Gasteiger partial charge in [0.05, 0.1) is 21.7 Å². The molecular formula is C23H19FN4O2S2. The van der Waals surface area contributed by atoms with Crippen molar-refractivity contribution in [3.05, 3.63) is 78.1 Å². The number of carbonyl (C=O) groups is 2. The van der Waals surface area contributed by atoms with Gasteiger partial charge in [0.25, 0.3) is 0 Å². The molecule has 162 valence electrons. The first-order valence-corrected chi connectivity index (χ1v) is 11.5. The molecule has 4 rings (SSSR count). The maximum Gasteiger partial charge on any atom is 0.323 e. The van der Waals surface area contributed by atoms with Gasteiger partial charge in [0.1, 0.15) is 5.82 Å². The second-order valence-electron chi connectivity index (χ2n) is 6.87. The number of urea groups is 1. The van der Waals surface area contributed by atoms with Crippen molar-refractivity contribution in [1.29, 1.82) is 0 Å². The smallest absolute Gasteiger partial charge is 0.323 e. The Morgan fingerprint density at radius 3 is 2.50 bits per heavy atom. The number of para-hydroxylation sites is 2. The van der Waals surface area contributed by atoms with Gasteiger partial charge in [0.2, 0.25) is 5.91 Å². The van der Waals surface area contributed by atoms with Gasteiger partial charge in [0, 0.05) is 11.4 Å². The van der Waals surface area contributed by atoms with Gasteiger partial charge in [0.15, 0.2) is 4.34 Å². The molecule has 0 unspecified atom stereocenters. The number of hydrogen-bond acceptors (Lipinski definition) is 5. The lowest BCUT2D eigenvalue weighted by Crippen LogP contribution is -2.19. The third-order valence-electron chi connectivity index (χ3n) is 4.49. The Labute approximate surface area is 192 Å². The van der Waals surface area contributed by atoms with Gasteiger partial charge in [-0.25, -0.2) is 14.2 Å². The third-order valence-corrected chi connectivity index (χ3v) is 6.66. The van der Waals surface area contributed by atoms with E-state index < -0.39 is 11.8 Å². The maximum absolute atomic E-state index is 13.7. The van der Waals surface area contributed by atoms with E-state index in [1.165, 1.54) is 35.2 Å². The van der Waals surface area contributed by atoms with Crippen molar-refractivity contribution in [2.24, 2.45) is 0 Å². The van der Waals surface area contributed by atoms with Gasteiger partial charge in [-0.05, 0) is 48.9 Å². The van der Waals surface area contributed by atoms with E-state index in [1.54, 1.807) is 30.3 Å². The summed E-state index contributed by atoms with van der Waals surface area (Å²) in [6.07, 6.45) is 0. The van der Waals surface area contributed by atoms with Gasteiger partial charge in [-0.3, -0.25) is 4.79 Å². The summed E-state index contributed by atoms with van der Waals surface area (Å²) in [4.78, 5) is 29.0. The van der Waals surface area contributed by atoms with E-state index in [1.807, 2.05) is 31.2 Å². The van der Waals surface area contributed by atoms with Crippen molar-refractivity contribution >= 4 is 62.3 Å². The zero-order chi connectivity index (χ0) is 22.5. The lowest BCUT2D eigenvalue weighted by molar-refractivity contribution is -0.113. The summed E-state index contributed by atoms with van der Waals surface area (Å²) >= 11 is 2.79. The molecule has 0 atom stereocenters. The molecular weight excluding hydrogens is 447 g/mol. The molecule has 0 radical (unpaired) electrons. The summed E-state index contributed by atoms with van der Waals surface area (Å²) in [5.74, 6) is -0.367. The normalized spacial score (nSPS) is 10.7. The average Bonchev–Trinajstić information content (AvgIpc) is 3.18. The number of aromatic nitrogens is 1. The van der Waals surface area contributed by atoms with Crippen LogP contribution in [0.25, 0.3) is 10.2 Å². The number of carbonyl (C=O) groups excluding carboxylic acids is 2. The minimum absolute atomic E-state index is 0.101. The molecule has 0 aliphatic rings. The van der Waals surface area contributed by atoms with E-state index in [-0.39, 0.29) is 17.3 Å². The molecule has 3 amide bonds. The number of thiazole rings is 1. The second kappa shape index (κ2) is 9.80. The molecule has 3 N–H and O–H groups in total. The number of anilines is 3. The largest absolute Gasteiger partial charge is 0.325 e. The summed E-state index contributed by atoms with van der Waals surface area (Å²) < 4.78 is 15.3. The van der Waals surface area contributed by atoms with Crippen LogP contribution in [0, 0.1) is 12.7 Å². The van der Waals surface area contributed by atoms with Crippen LogP contribution in [-0.4, -0.2) is 22.7 Å². The summed E-state index contributed by atoms with van der Waals surface area (Å²) in [5.41, 5.74) is 3.24. The number of hydrogen-bond donors (Lipinski definition) is 3.